The van der Waals surface area contributed by atoms with Crippen molar-refractivity contribution in [3.63, 3.8) is 0 Å². The van der Waals surface area contributed by atoms with Gasteiger partial charge in [-0.3, -0.25) is 0 Å². The van der Waals surface area contributed by atoms with Crippen LogP contribution in [0.3, 0.4) is 0 Å². The molecule has 1 nitrogen and oxygen atoms in total. The topological polar surface area (TPSA) is 3.24 Å². The van der Waals surface area contributed by atoms with Crippen molar-refractivity contribution < 1.29 is 0 Å². The van der Waals surface area contributed by atoms with Gasteiger partial charge in [0.15, 0.2) is 0 Å². The summed E-state index contributed by atoms with van der Waals surface area (Å²) in [5.41, 5.74) is 5.99. The Bertz CT molecular complexity index is 333. The van der Waals surface area contributed by atoms with Crippen molar-refractivity contribution in [2.75, 3.05) is 13.6 Å². The highest BCUT2D eigenvalue weighted by Gasteiger charge is 2.14. The highest BCUT2D eigenvalue weighted by Crippen LogP contribution is 2.19. The van der Waals surface area contributed by atoms with Crippen LogP contribution in [0.15, 0.2) is 12.1 Å². The molecule has 0 amide bonds. The molecule has 0 radical (unpaired) electrons. The number of rotatable bonds is 0. The van der Waals surface area contributed by atoms with Gasteiger partial charge in [0.2, 0.25) is 0 Å². The summed E-state index contributed by atoms with van der Waals surface area (Å²) in [6, 6.07) is 4.63. The van der Waals surface area contributed by atoms with Gasteiger partial charge in [-0.2, -0.15) is 0 Å². The van der Waals surface area contributed by atoms with Gasteiger partial charge in [0.05, 0.1) is 0 Å². The first-order chi connectivity index (χ1) is 6.16. The number of likely N-dealkylation sites (N-methyl/N-ethyl adjacent to an activating group) is 1. The quantitative estimate of drug-likeness (QED) is 0.508. The van der Waals surface area contributed by atoms with Crippen molar-refractivity contribution >= 4 is 13.3 Å². The first kappa shape index (κ1) is 8.83. The molecule has 1 heterocycles. The third-order valence-electron chi connectivity index (χ3n) is 2.89. The van der Waals surface area contributed by atoms with Crippen LogP contribution in [0.2, 0.25) is 0 Å². The summed E-state index contributed by atoms with van der Waals surface area (Å²) in [7, 11) is 4.38. The van der Waals surface area contributed by atoms with Crippen LogP contribution < -0.4 is 5.46 Å². The number of benzene rings is 1. The maximum absolute atomic E-state index is 2.39. The Morgan fingerprint density at radius 3 is 2.92 bits per heavy atom. The van der Waals surface area contributed by atoms with E-state index in [2.05, 4.69) is 38.9 Å². The molecule has 0 unspecified atom stereocenters. The molecule has 2 heteroatoms. The Balaban J connectivity index is 2.47. The van der Waals surface area contributed by atoms with E-state index in [0.29, 0.717) is 0 Å². The van der Waals surface area contributed by atoms with Crippen LogP contribution in [0.4, 0.5) is 0 Å². The van der Waals surface area contributed by atoms with Gasteiger partial charge < -0.3 is 4.90 Å². The average molecular weight is 173 g/mol. The van der Waals surface area contributed by atoms with Gasteiger partial charge in [0, 0.05) is 13.1 Å². The number of hydrogen-bond acceptors (Lipinski definition) is 1. The minimum Gasteiger partial charge on any atom is -0.302 e. The van der Waals surface area contributed by atoms with E-state index < -0.39 is 0 Å². The second kappa shape index (κ2) is 3.19. The number of nitrogens with zero attached hydrogens (tertiary/aromatic N) is 1. The van der Waals surface area contributed by atoms with E-state index in [1.165, 1.54) is 29.6 Å². The Labute approximate surface area is 81.2 Å². The molecule has 1 aliphatic heterocycles. The first-order valence-corrected chi connectivity index (χ1v) is 4.94. The minimum absolute atomic E-state index is 1.12. The smallest absolute Gasteiger partial charge is 0.139 e. The fourth-order valence-corrected chi connectivity index (χ4v) is 2.26. The van der Waals surface area contributed by atoms with Gasteiger partial charge in [-0.1, -0.05) is 17.6 Å². The van der Waals surface area contributed by atoms with Crippen molar-refractivity contribution in [1.82, 2.24) is 4.90 Å². The van der Waals surface area contributed by atoms with Gasteiger partial charge in [-0.05, 0) is 37.1 Å². The van der Waals surface area contributed by atoms with E-state index >= 15 is 0 Å². The molecule has 0 spiro atoms. The Kier molecular flexibility index (Phi) is 2.16. The highest BCUT2D eigenvalue weighted by molar-refractivity contribution is 6.32. The largest absolute Gasteiger partial charge is 0.302 e. The summed E-state index contributed by atoms with van der Waals surface area (Å²) < 4.78 is 0. The molecule has 13 heavy (non-hydrogen) atoms. The van der Waals surface area contributed by atoms with Crippen molar-refractivity contribution in [2.24, 2.45) is 0 Å². The molecule has 1 aliphatic rings. The normalized spacial score (nSPS) is 17.1. The Morgan fingerprint density at radius 2 is 2.15 bits per heavy atom. The molecule has 0 aliphatic carbocycles. The van der Waals surface area contributed by atoms with Crippen LogP contribution in [0.5, 0.6) is 0 Å². The fourth-order valence-electron chi connectivity index (χ4n) is 2.26. The van der Waals surface area contributed by atoms with Gasteiger partial charge >= 0.3 is 0 Å². The molecule has 0 bridgehead atoms. The molecule has 0 aromatic heterocycles. The Hall–Kier alpha value is -0.755. The highest BCUT2D eigenvalue weighted by atomic mass is 15.1. The van der Waals surface area contributed by atoms with Crippen LogP contribution in [0.25, 0.3) is 0 Å². The number of aryl methyl sites for hydroxylation is 1. The standard InChI is InChI=1S/C11H16BN/c1-8-5-10(12)6-9-7-13(2)4-3-11(8)9/h5-6H,3-4,7,12H2,1-2H3. The summed E-state index contributed by atoms with van der Waals surface area (Å²) in [5.74, 6) is 0. The molecule has 1 aromatic carbocycles. The lowest BCUT2D eigenvalue weighted by Crippen LogP contribution is -2.28. The maximum atomic E-state index is 2.39. The van der Waals surface area contributed by atoms with E-state index in [9.17, 15) is 0 Å². The van der Waals surface area contributed by atoms with Gasteiger partial charge in [0.1, 0.15) is 7.85 Å². The zero-order valence-corrected chi connectivity index (χ0v) is 8.72. The van der Waals surface area contributed by atoms with Gasteiger partial charge in [0.25, 0.3) is 0 Å². The molecular formula is C11H16BN. The average Bonchev–Trinajstić information content (AvgIpc) is 2.02. The van der Waals surface area contributed by atoms with E-state index in [-0.39, 0.29) is 0 Å². The maximum Gasteiger partial charge on any atom is 0.139 e. The zero-order chi connectivity index (χ0) is 9.42. The number of hydrogen-bond donors (Lipinski definition) is 0. The van der Waals surface area contributed by atoms with E-state index in [1.807, 2.05) is 0 Å². The summed E-state index contributed by atoms with van der Waals surface area (Å²) in [6.07, 6.45) is 1.22. The predicted molar refractivity (Wildman–Crippen MR) is 59.4 cm³/mol. The van der Waals surface area contributed by atoms with E-state index in [4.69, 9.17) is 0 Å². The second-order valence-corrected chi connectivity index (χ2v) is 4.21. The van der Waals surface area contributed by atoms with Crippen molar-refractivity contribution in [2.45, 2.75) is 19.9 Å². The molecule has 0 atom stereocenters. The van der Waals surface area contributed by atoms with Crippen LogP contribution >= 0.6 is 0 Å². The van der Waals surface area contributed by atoms with Gasteiger partial charge in [-0.25, -0.2) is 0 Å². The molecular weight excluding hydrogens is 157 g/mol. The molecule has 0 saturated carbocycles. The van der Waals surface area contributed by atoms with Crippen LogP contribution in [0, 0.1) is 6.92 Å². The van der Waals surface area contributed by atoms with Crippen LogP contribution in [-0.2, 0) is 13.0 Å². The molecule has 0 fully saturated rings. The Morgan fingerprint density at radius 1 is 1.38 bits per heavy atom. The van der Waals surface area contributed by atoms with Crippen molar-refractivity contribution in [1.29, 1.82) is 0 Å². The summed E-state index contributed by atoms with van der Waals surface area (Å²) in [4.78, 5) is 2.39. The fraction of sp³-hybridized carbons (Fsp3) is 0.455. The summed E-state index contributed by atoms with van der Waals surface area (Å²) >= 11 is 0. The van der Waals surface area contributed by atoms with Crippen LogP contribution in [-0.4, -0.2) is 26.3 Å². The SMILES string of the molecule is Bc1cc(C)c2c(c1)CN(C)CC2. The van der Waals surface area contributed by atoms with E-state index in [1.54, 1.807) is 5.56 Å². The lowest BCUT2D eigenvalue weighted by atomic mass is 9.86. The third kappa shape index (κ3) is 1.64. The van der Waals surface area contributed by atoms with Gasteiger partial charge in [-0.15, -0.1) is 0 Å². The predicted octanol–water partition coefficient (Wildman–Crippen LogP) is 0.241. The lowest BCUT2D eigenvalue weighted by molar-refractivity contribution is 0.312. The molecule has 1 aromatic rings. The molecule has 0 N–H and O–H groups in total. The molecule has 0 saturated heterocycles. The lowest BCUT2D eigenvalue weighted by Gasteiger charge is -2.26. The first-order valence-electron chi connectivity index (χ1n) is 4.94. The minimum atomic E-state index is 1.12. The third-order valence-corrected chi connectivity index (χ3v) is 2.89. The number of fused-ring (bicyclic) bond motifs is 1. The second-order valence-electron chi connectivity index (χ2n) is 4.21. The van der Waals surface area contributed by atoms with Crippen LogP contribution in [0.1, 0.15) is 16.7 Å². The zero-order valence-electron chi connectivity index (χ0n) is 8.72. The molecule has 2 rings (SSSR count). The summed E-state index contributed by atoms with van der Waals surface area (Å²) in [5, 5.41) is 0. The van der Waals surface area contributed by atoms with Crippen molar-refractivity contribution in [3.8, 4) is 0 Å². The molecule has 68 valence electrons. The monoisotopic (exact) mass is 173 g/mol. The van der Waals surface area contributed by atoms with E-state index in [0.717, 1.165) is 6.54 Å². The summed E-state index contributed by atoms with van der Waals surface area (Å²) in [6.45, 7) is 4.56. The van der Waals surface area contributed by atoms with Crippen molar-refractivity contribution in [3.05, 3.63) is 28.8 Å².